The molecule has 0 N–H and O–H groups in total. The van der Waals surface area contributed by atoms with Crippen LogP contribution in [0.3, 0.4) is 0 Å². The van der Waals surface area contributed by atoms with Gasteiger partial charge >= 0.3 is 0 Å². The highest BCUT2D eigenvalue weighted by molar-refractivity contribution is 5.93. The number of benzene rings is 2. The number of amides is 1. The first-order valence-electron chi connectivity index (χ1n) is 8.63. The minimum Gasteiger partial charge on any atom is -0.493 e. The standard InChI is InChI=1S/C21H22N2O5/c1-23(13-14-10-18(25-2)20(27-4)19(11-14)26-3)21(24)16-12-17(28-22-16)15-8-6-5-7-9-15/h5-12H,13H2,1-4H3. The summed E-state index contributed by atoms with van der Waals surface area (Å²) >= 11 is 0. The molecule has 1 aromatic heterocycles. The zero-order chi connectivity index (χ0) is 20.1. The van der Waals surface area contributed by atoms with Crippen LogP contribution in [0.1, 0.15) is 16.1 Å². The van der Waals surface area contributed by atoms with Gasteiger partial charge in [0.15, 0.2) is 23.0 Å². The Labute approximate surface area is 163 Å². The summed E-state index contributed by atoms with van der Waals surface area (Å²) in [5.74, 6) is 1.87. The Hall–Kier alpha value is -3.48. The van der Waals surface area contributed by atoms with E-state index in [1.165, 1.54) is 0 Å². The van der Waals surface area contributed by atoms with Crippen LogP contribution in [-0.2, 0) is 6.54 Å². The number of rotatable bonds is 7. The van der Waals surface area contributed by atoms with Gasteiger partial charge in [-0.1, -0.05) is 35.5 Å². The largest absolute Gasteiger partial charge is 0.493 e. The molecule has 0 aliphatic carbocycles. The fourth-order valence-corrected chi connectivity index (χ4v) is 2.88. The number of ether oxygens (including phenoxy) is 3. The Morgan fingerprint density at radius 3 is 2.21 bits per heavy atom. The molecule has 7 heteroatoms. The van der Waals surface area contributed by atoms with Crippen molar-refractivity contribution in [2.75, 3.05) is 28.4 Å². The van der Waals surface area contributed by atoms with E-state index in [2.05, 4.69) is 5.16 Å². The summed E-state index contributed by atoms with van der Waals surface area (Å²) in [5, 5.41) is 3.91. The van der Waals surface area contributed by atoms with Gasteiger partial charge in [0.1, 0.15) is 0 Å². The van der Waals surface area contributed by atoms with E-state index in [4.69, 9.17) is 18.7 Å². The molecule has 7 nitrogen and oxygen atoms in total. The molecule has 0 bridgehead atoms. The van der Waals surface area contributed by atoms with E-state index in [9.17, 15) is 4.79 Å². The lowest BCUT2D eigenvalue weighted by Gasteiger charge is -2.18. The molecule has 1 amide bonds. The molecule has 0 spiro atoms. The average Bonchev–Trinajstić information content (AvgIpc) is 3.23. The van der Waals surface area contributed by atoms with Gasteiger partial charge in [0.05, 0.1) is 21.3 Å². The molecule has 0 atom stereocenters. The van der Waals surface area contributed by atoms with Crippen LogP contribution in [0.15, 0.2) is 53.1 Å². The smallest absolute Gasteiger partial charge is 0.276 e. The normalized spacial score (nSPS) is 10.4. The Bertz CT molecular complexity index is 927. The van der Waals surface area contributed by atoms with E-state index in [1.54, 1.807) is 39.3 Å². The van der Waals surface area contributed by atoms with Gasteiger partial charge in [0.25, 0.3) is 5.91 Å². The number of methoxy groups -OCH3 is 3. The number of hydrogen-bond donors (Lipinski definition) is 0. The van der Waals surface area contributed by atoms with Gasteiger partial charge in [0, 0.05) is 25.2 Å². The van der Waals surface area contributed by atoms with E-state index < -0.39 is 0 Å². The maximum absolute atomic E-state index is 12.7. The van der Waals surface area contributed by atoms with E-state index >= 15 is 0 Å². The number of carbonyl (C=O) groups excluding carboxylic acids is 1. The monoisotopic (exact) mass is 382 g/mol. The first kappa shape index (κ1) is 19.3. The van der Waals surface area contributed by atoms with Crippen molar-refractivity contribution in [3.63, 3.8) is 0 Å². The van der Waals surface area contributed by atoms with E-state index in [0.717, 1.165) is 11.1 Å². The van der Waals surface area contributed by atoms with Crippen molar-refractivity contribution in [1.82, 2.24) is 10.1 Å². The predicted molar refractivity (Wildman–Crippen MR) is 104 cm³/mol. The van der Waals surface area contributed by atoms with Crippen molar-refractivity contribution in [1.29, 1.82) is 0 Å². The van der Waals surface area contributed by atoms with Crippen molar-refractivity contribution in [3.05, 3.63) is 59.8 Å². The van der Waals surface area contributed by atoms with E-state index in [0.29, 0.717) is 29.6 Å². The molecule has 0 unspecified atom stereocenters. The molecule has 3 rings (SSSR count). The molecule has 0 saturated carbocycles. The number of hydrogen-bond acceptors (Lipinski definition) is 6. The zero-order valence-corrected chi connectivity index (χ0v) is 16.3. The molecule has 28 heavy (non-hydrogen) atoms. The fourth-order valence-electron chi connectivity index (χ4n) is 2.88. The van der Waals surface area contributed by atoms with Gasteiger partial charge in [-0.25, -0.2) is 0 Å². The van der Waals surface area contributed by atoms with Crippen LogP contribution in [-0.4, -0.2) is 44.3 Å². The van der Waals surface area contributed by atoms with Gasteiger partial charge in [-0.3, -0.25) is 4.79 Å². The van der Waals surface area contributed by atoms with Crippen molar-refractivity contribution in [3.8, 4) is 28.6 Å². The van der Waals surface area contributed by atoms with Gasteiger partial charge in [-0.05, 0) is 17.7 Å². The SMILES string of the molecule is COc1cc(CN(C)C(=O)c2cc(-c3ccccc3)on2)cc(OC)c1OC. The minimum atomic E-state index is -0.250. The molecule has 2 aromatic carbocycles. The molecule has 3 aromatic rings. The Morgan fingerprint density at radius 1 is 1.00 bits per heavy atom. The summed E-state index contributed by atoms with van der Waals surface area (Å²) in [4.78, 5) is 14.3. The van der Waals surface area contributed by atoms with Crippen molar-refractivity contribution in [2.24, 2.45) is 0 Å². The van der Waals surface area contributed by atoms with Crippen molar-refractivity contribution < 1.29 is 23.5 Å². The second kappa shape index (κ2) is 8.47. The van der Waals surface area contributed by atoms with Gasteiger partial charge in [-0.15, -0.1) is 0 Å². The first-order chi connectivity index (χ1) is 13.6. The minimum absolute atomic E-state index is 0.244. The summed E-state index contributed by atoms with van der Waals surface area (Å²) in [7, 11) is 6.35. The van der Waals surface area contributed by atoms with E-state index in [1.807, 2.05) is 42.5 Å². The highest BCUT2D eigenvalue weighted by Gasteiger charge is 2.20. The number of carbonyl (C=O) groups is 1. The summed E-state index contributed by atoms with van der Waals surface area (Å²) in [6.45, 7) is 0.336. The maximum Gasteiger partial charge on any atom is 0.276 e. The molecule has 0 saturated heterocycles. The molecule has 0 fully saturated rings. The molecule has 0 aliphatic heterocycles. The molecular weight excluding hydrogens is 360 g/mol. The molecule has 0 radical (unpaired) electrons. The Morgan fingerprint density at radius 2 is 1.64 bits per heavy atom. The second-order valence-corrected chi connectivity index (χ2v) is 6.14. The van der Waals surface area contributed by atoms with Crippen LogP contribution in [0.2, 0.25) is 0 Å². The van der Waals surface area contributed by atoms with Crippen molar-refractivity contribution >= 4 is 5.91 Å². The second-order valence-electron chi connectivity index (χ2n) is 6.14. The molecular formula is C21H22N2O5. The summed E-state index contributed by atoms with van der Waals surface area (Å²) in [6.07, 6.45) is 0. The van der Waals surface area contributed by atoms with Crippen LogP contribution < -0.4 is 14.2 Å². The average molecular weight is 382 g/mol. The van der Waals surface area contributed by atoms with Crippen LogP contribution in [0.25, 0.3) is 11.3 Å². The lowest BCUT2D eigenvalue weighted by atomic mass is 10.1. The zero-order valence-electron chi connectivity index (χ0n) is 16.3. The van der Waals surface area contributed by atoms with Gasteiger partial charge in [-0.2, -0.15) is 0 Å². The fraction of sp³-hybridized carbons (Fsp3) is 0.238. The van der Waals surface area contributed by atoms with Crippen LogP contribution >= 0.6 is 0 Å². The van der Waals surface area contributed by atoms with Crippen LogP contribution in [0.4, 0.5) is 0 Å². The highest BCUT2D eigenvalue weighted by atomic mass is 16.5. The summed E-state index contributed by atoms with van der Waals surface area (Å²) in [5.41, 5.74) is 1.94. The summed E-state index contributed by atoms with van der Waals surface area (Å²) in [6, 6.07) is 14.8. The highest BCUT2D eigenvalue weighted by Crippen LogP contribution is 2.38. The third-order valence-electron chi connectivity index (χ3n) is 4.28. The molecule has 0 aliphatic rings. The van der Waals surface area contributed by atoms with E-state index in [-0.39, 0.29) is 11.6 Å². The quantitative estimate of drug-likeness (QED) is 0.621. The summed E-state index contributed by atoms with van der Waals surface area (Å²) < 4.78 is 21.4. The van der Waals surface area contributed by atoms with Crippen LogP contribution in [0, 0.1) is 0 Å². The Kier molecular flexibility index (Phi) is 5.84. The van der Waals surface area contributed by atoms with Gasteiger partial charge < -0.3 is 23.6 Å². The lowest BCUT2D eigenvalue weighted by molar-refractivity contribution is 0.0774. The van der Waals surface area contributed by atoms with Gasteiger partial charge in [0.2, 0.25) is 5.75 Å². The number of nitrogens with zero attached hydrogens (tertiary/aromatic N) is 2. The third kappa shape index (κ3) is 3.93. The predicted octanol–water partition coefficient (Wildman–Crippen LogP) is 3.64. The Balaban J connectivity index is 1.79. The number of aromatic nitrogens is 1. The maximum atomic E-state index is 12.7. The molecule has 1 heterocycles. The lowest BCUT2D eigenvalue weighted by Crippen LogP contribution is -2.26. The topological polar surface area (TPSA) is 74.0 Å². The van der Waals surface area contributed by atoms with Crippen molar-refractivity contribution in [2.45, 2.75) is 6.54 Å². The molecule has 146 valence electrons. The first-order valence-corrected chi connectivity index (χ1v) is 8.63. The van der Waals surface area contributed by atoms with Crippen LogP contribution in [0.5, 0.6) is 17.2 Å². The third-order valence-corrected chi connectivity index (χ3v) is 4.28.